The Morgan fingerprint density at radius 3 is 2.47 bits per heavy atom. The minimum Gasteiger partial charge on any atom is -0.397 e. The van der Waals surface area contributed by atoms with Crippen LogP contribution in [0.3, 0.4) is 0 Å². The minimum atomic E-state index is -0.0728. The third kappa shape index (κ3) is 2.99. The fourth-order valence-corrected chi connectivity index (χ4v) is 2.49. The monoisotopic (exact) mass is 337 g/mol. The van der Waals surface area contributed by atoms with Crippen molar-refractivity contribution in [1.82, 2.24) is 0 Å². The summed E-state index contributed by atoms with van der Waals surface area (Å²) in [4.78, 5) is 12.4. The molecule has 0 aromatic heterocycles. The second kappa shape index (κ2) is 5.76. The molecule has 0 bridgehead atoms. The molecule has 0 heterocycles. The fourth-order valence-electron chi connectivity index (χ4n) is 1.78. The molecule has 4 heteroatoms. The van der Waals surface area contributed by atoms with E-state index in [2.05, 4.69) is 22.9 Å². The van der Waals surface area contributed by atoms with Crippen LogP contribution in [-0.2, 0) is 6.42 Å². The first kappa shape index (κ1) is 14.1. The van der Waals surface area contributed by atoms with E-state index in [0.29, 0.717) is 26.3 Å². The first-order valence-electron chi connectivity index (χ1n) is 5.91. The Morgan fingerprint density at radius 1 is 1.26 bits per heavy atom. The average molecular weight is 339 g/mol. The second-order valence-corrected chi connectivity index (χ2v) is 5.49. The van der Waals surface area contributed by atoms with Crippen LogP contribution in [-0.4, -0.2) is 5.78 Å². The molecule has 0 fully saturated rings. The molecule has 0 aliphatic carbocycles. The van der Waals surface area contributed by atoms with E-state index < -0.39 is 0 Å². The maximum absolute atomic E-state index is 12.4. The van der Waals surface area contributed by atoms with Crippen molar-refractivity contribution in [2.45, 2.75) is 13.3 Å². The highest BCUT2D eigenvalue weighted by molar-refractivity contribution is 9.10. The third-order valence-corrected chi connectivity index (χ3v) is 3.94. The van der Waals surface area contributed by atoms with Crippen LogP contribution in [0.5, 0.6) is 0 Å². The van der Waals surface area contributed by atoms with E-state index >= 15 is 0 Å². The van der Waals surface area contributed by atoms with Gasteiger partial charge >= 0.3 is 0 Å². The van der Waals surface area contributed by atoms with Gasteiger partial charge in [-0.05, 0) is 40.0 Å². The van der Waals surface area contributed by atoms with Gasteiger partial charge in [0.2, 0.25) is 0 Å². The van der Waals surface area contributed by atoms with Crippen LogP contribution < -0.4 is 5.73 Å². The summed E-state index contributed by atoms with van der Waals surface area (Å²) in [6.07, 6.45) is 0.950. The minimum absolute atomic E-state index is 0.0728. The van der Waals surface area contributed by atoms with Crippen molar-refractivity contribution < 1.29 is 4.79 Å². The Bertz CT molecular complexity index is 623. The second-order valence-electron chi connectivity index (χ2n) is 4.23. The number of ketones is 1. The lowest BCUT2D eigenvalue weighted by molar-refractivity contribution is 0.103. The zero-order valence-corrected chi connectivity index (χ0v) is 12.8. The lowest BCUT2D eigenvalue weighted by atomic mass is 10.0. The van der Waals surface area contributed by atoms with Gasteiger partial charge in [-0.1, -0.05) is 42.8 Å². The van der Waals surface area contributed by atoms with E-state index in [1.165, 1.54) is 5.56 Å². The van der Waals surface area contributed by atoms with Crippen LogP contribution >= 0.6 is 27.5 Å². The highest BCUT2D eigenvalue weighted by atomic mass is 79.9. The Hall–Kier alpha value is -1.32. The van der Waals surface area contributed by atoms with Crippen molar-refractivity contribution in [3.8, 4) is 0 Å². The van der Waals surface area contributed by atoms with Gasteiger partial charge in [-0.15, -0.1) is 0 Å². The summed E-state index contributed by atoms with van der Waals surface area (Å²) in [7, 11) is 0. The maximum atomic E-state index is 12.4. The van der Waals surface area contributed by atoms with E-state index in [0.717, 1.165) is 6.42 Å². The molecule has 0 atom stereocenters. The normalized spacial score (nSPS) is 10.5. The first-order chi connectivity index (χ1) is 9.02. The average Bonchev–Trinajstić information content (AvgIpc) is 2.42. The van der Waals surface area contributed by atoms with Gasteiger partial charge in [-0.3, -0.25) is 4.79 Å². The van der Waals surface area contributed by atoms with Gasteiger partial charge in [0.05, 0.1) is 10.7 Å². The standard InChI is InChI=1S/C15H13BrClNO/c1-2-9-3-5-10(6-4-9)15(19)11-7-13(17)14(18)8-12(11)16/h3-8H,2,18H2,1H3. The quantitative estimate of drug-likeness (QED) is 0.662. The summed E-state index contributed by atoms with van der Waals surface area (Å²) in [6.45, 7) is 2.08. The largest absolute Gasteiger partial charge is 0.397 e. The molecule has 0 spiro atoms. The molecular weight excluding hydrogens is 326 g/mol. The zero-order chi connectivity index (χ0) is 14.0. The van der Waals surface area contributed by atoms with Gasteiger partial charge < -0.3 is 5.73 Å². The number of aryl methyl sites for hydroxylation is 1. The van der Waals surface area contributed by atoms with Crippen molar-refractivity contribution in [3.63, 3.8) is 0 Å². The molecule has 2 nitrogen and oxygen atoms in total. The number of carbonyl (C=O) groups excluding carboxylic acids is 1. The van der Waals surface area contributed by atoms with Crippen molar-refractivity contribution in [3.05, 3.63) is 62.6 Å². The Labute approximate surface area is 125 Å². The van der Waals surface area contributed by atoms with Crippen molar-refractivity contribution in [1.29, 1.82) is 0 Å². The van der Waals surface area contributed by atoms with E-state index in [4.69, 9.17) is 17.3 Å². The van der Waals surface area contributed by atoms with Gasteiger partial charge in [0.1, 0.15) is 0 Å². The number of anilines is 1. The molecule has 0 aliphatic rings. The Balaban J connectivity index is 2.40. The van der Waals surface area contributed by atoms with E-state index in [-0.39, 0.29) is 5.78 Å². The van der Waals surface area contributed by atoms with Gasteiger partial charge in [-0.25, -0.2) is 0 Å². The lowest BCUT2D eigenvalue weighted by Crippen LogP contribution is -2.03. The molecule has 2 aromatic carbocycles. The van der Waals surface area contributed by atoms with Crippen LogP contribution in [0.2, 0.25) is 5.02 Å². The van der Waals surface area contributed by atoms with E-state index in [9.17, 15) is 4.79 Å². The topological polar surface area (TPSA) is 43.1 Å². The molecule has 0 aliphatic heterocycles. The fraction of sp³-hybridized carbons (Fsp3) is 0.133. The number of carbonyl (C=O) groups is 1. The molecule has 19 heavy (non-hydrogen) atoms. The molecule has 0 saturated carbocycles. The summed E-state index contributed by atoms with van der Waals surface area (Å²) < 4.78 is 0.652. The molecule has 0 unspecified atom stereocenters. The zero-order valence-electron chi connectivity index (χ0n) is 10.4. The number of benzene rings is 2. The van der Waals surface area contributed by atoms with Crippen LogP contribution in [0, 0.1) is 0 Å². The van der Waals surface area contributed by atoms with Gasteiger partial charge in [0, 0.05) is 15.6 Å². The number of halogens is 2. The molecule has 0 saturated heterocycles. The van der Waals surface area contributed by atoms with Crippen LogP contribution in [0.1, 0.15) is 28.4 Å². The van der Waals surface area contributed by atoms with E-state index in [1.54, 1.807) is 12.1 Å². The number of hydrogen-bond acceptors (Lipinski definition) is 2. The maximum Gasteiger partial charge on any atom is 0.194 e. The number of nitrogen functional groups attached to an aromatic ring is 1. The highest BCUT2D eigenvalue weighted by Crippen LogP contribution is 2.29. The first-order valence-corrected chi connectivity index (χ1v) is 7.08. The van der Waals surface area contributed by atoms with Gasteiger partial charge in [0.15, 0.2) is 5.78 Å². The predicted octanol–water partition coefficient (Wildman–Crippen LogP) is 4.48. The third-order valence-electron chi connectivity index (χ3n) is 2.96. The van der Waals surface area contributed by atoms with Crippen LogP contribution in [0.4, 0.5) is 5.69 Å². The highest BCUT2D eigenvalue weighted by Gasteiger charge is 2.14. The summed E-state index contributed by atoms with van der Waals surface area (Å²) in [6, 6.07) is 10.8. The number of nitrogens with two attached hydrogens (primary N) is 1. The molecule has 98 valence electrons. The van der Waals surface area contributed by atoms with Gasteiger partial charge in [0.25, 0.3) is 0 Å². The van der Waals surface area contributed by atoms with Crippen LogP contribution in [0.15, 0.2) is 40.9 Å². The van der Waals surface area contributed by atoms with Gasteiger partial charge in [-0.2, -0.15) is 0 Å². The molecule has 0 amide bonds. The molecule has 2 aromatic rings. The summed E-state index contributed by atoms with van der Waals surface area (Å²) in [5.74, 6) is -0.0728. The summed E-state index contributed by atoms with van der Waals surface area (Å²) in [5, 5.41) is 0.386. The Kier molecular flexibility index (Phi) is 4.27. The van der Waals surface area contributed by atoms with Crippen molar-refractivity contribution in [2.75, 3.05) is 5.73 Å². The van der Waals surface area contributed by atoms with Crippen molar-refractivity contribution >= 4 is 39.0 Å². The molecule has 2 rings (SSSR count). The smallest absolute Gasteiger partial charge is 0.194 e. The molecule has 0 radical (unpaired) electrons. The predicted molar refractivity (Wildman–Crippen MR) is 82.8 cm³/mol. The summed E-state index contributed by atoms with van der Waals surface area (Å²) >= 11 is 9.31. The molecular formula is C15H13BrClNO. The number of rotatable bonds is 3. The number of hydrogen-bond donors (Lipinski definition) is 1. The van der Waals surface area contributed by atoms with Crippen LogP contribution in [0.25, 0.3) is 0 Å². The Morgan fingerprint density at radius 2 is 1.89 bits per heavy atom. The lowest BCUT2D eigenvalue weighted by Gasteiger charge is -2.07. The molecule has 2 N–H and O–H groups in total. The van der Waals surface area contributed by atoms with E-state index in [1.807, 2.05) is 24.3 Å². The SMILES string of the molecule is CCc1ccc(C(=O)c2cc(Cl)c(N)cc2Br)cc1. The summed E-state index contributed by atoms with van der Waals surface area (Å²) in [5.41, 5.74) is 8.50. The van der Waals surface area contributed by atoms with Crippen molar-refractivity contribution in [2.24, 2.45) is 0 Å².